The zero-order valence-electron chi connectivity index (χ0n) is 12.2. The molecule has 0 spiro atoms. The van der Waals surface area contributed by atoms with Gasteiger partial charge in [-0.05, 0) is 25.0 Å². The molecule has 1 unspecified atom stereocenters. The Hall–Kier alpha value is -1.31. The highest BCUT2D eigenvalue weighted by molar-refractivity contribution is 7.89. The topological polar surface area (TPSA) is 81.9 Å². The monoisotopic (exact) mass is 314 g/mol. The van der Waals surface area contributed by atoms with Gasteiger partial charge in [0.15, 0.2) is 0 Å². The van der Waals surface area contributed by atoms with Gasteiger partial charge in [0.1, 0.15) is 12.4 Å². The molecule has 1 aliphatic rings. The molecular weight excluding hydrogens is 292 g/mol. The highest BCUT2D eigenvalue weighted by Crippen LogP contribution is 2.16. The second-order valence-corrected chi connectivity index (χ2v) is 7.35. The van der Waals surface area contributed by atoms with Gasteiger partial charge >= 0.3 is 0 Å². The first-order valence-corrected chi connectivity index (χ1v) is 8.62. The SMILES string of the molecule is CN(CC1CCCO1)S(=O)(=O)CCOc1cccc(N)c1. The van der Waals surface area contributed by atoms with Crippen molar-refractivity contribution in [1.29, 1.82) is 0 Å². The number of nitrogens with two attached hydrogens (primary N) is 1. The number of hydrogen-bond donors (Lipinski definition) is 1. The van der Waals surface area contributed by atoms with Crippen molar-refractivity contribution < 1.29 is 17.9 Å². The summed E-state index contributed by atoms with van der Waals surface area (Å²) in [6.45, 7) is 1.22. The largest absolute Gasteiger partial charge is 0.492 e. The van der Waals surface area contributed by atoms with Crippen LogP contribution in [-0.2, 0) is 14.8 Å². The van der Waals surface area contributed by atoms with E-state index < -0.39 is 10.0 Å². The van der Waals surface area contributed by atoms with Crippen LogP contribution in [0.25, 0.3) is 0 Å². The van der Waals surface area contributed by atoms with E-state index in [1.807, 2.05) is 0 Å². The van der Waals surface area contributed by atoms with Crippen LogP contribution in [0.4, 0.5) is 5.69 Å². The van der Waals surface area contributed by atoms with E-state index in [0.717, 1.165) is 19.4 Å². The number of benzene rings is 1. The van der Waals surface area contributed by atoms with Gasteiger partial charge < -0.3 is 15.2 Å². The fourth-order valence-corrected chi connectivity index (χ4v) is 3.21. The van der Waals surface area contributed by atoms with Gasteiger partial charge in [0.25, 0.3) is 0 Å². The van der Waals surface area contributed by atoms with E-state index in [1.54, 1.807) is 31.3 Å². The lowest BCUT2D eigenvalue weighted by Crippen LogP contribution is -2.36. The molecule has 2 N–H and O–H groups in total. The van der Waals surface area contributed by atoms with E-state index in [0.29, 0.717) is 18.0 Å². The summed E-state index contributed by atoms with van der Waals surface area (Å²) in [6, 6.07) is 6.93. The van der Waals surface area contributed by atoms with Gasteiger partial charge in [0, 0.05) is 32.0 Å². The van der Waals surface area contributed by atoms with Crippen molar-refractivity contribution in [2.75, 3.05) is 38.3 Å². The van der Waals surface area contributed by atoms with Crippen LogP contribution in [0, 0.1) is 0 Å². The van der Waals surface area contributed by atoms with Crippen molar-refractivity contribution in [3.8, 4) is 5.75 Å². The van der Waals surface area contributed by atoms with Gasteiger partial charge in [-0.1, -0.05) is 6.07 Å². The molecular formula is C14H22N2O4S. The van der Waals surface area contributed by atoms with Gasteiger partial charge in [0.2, 0.25) is 10.0 Å². The Morgan fingerprint density at radius 3 is 2.95 bits per heavy atom. The Labute approximate surface area is 125 Å². The van der Waals surface area contributed by atoms with E-state index in [1.165, 1.54) is 4.31 Å². The molecule has 0 aliphatic carbocycles. The quantitative estimate of drug-likeness (QED) is 0.762. The van der Waals surface area contributed by atoms with E-state index in [-0.39, 0.29) is 18.5 Å². The summed E-state index contributed by atoms with van der Waals surface area (Å²) in [5.41, 5.74) is 6.22. The Kier molecular flexibility index (Phi) is 5.44. The van der Waals surface area contributed by atoms with Crippen LogP contribution in [0.1, 0.15) is 12.8 Å². The van der Waals surface area contributed by atoms with Crippen LogP contribution >= 0.6 is 0 Å². The first-order chi connectivity index (χ1) is 9.97. The summed E-state index contributed by atoms with van der Waals surface area (Å²) in [5.74, 6) is 0.511. The van der Waals surface area contributed by atoms with Crippen molar-refractivity contribution in [2.45, 2.75) is 18.9 Å². The number of rotatable bonds is 7. The Balaban J connectivity index is 1.80. The zero-order chi connectivity index (χ0) is 15.3. The van der Waals surface area contributed by atoms with E-state index in [2.05, 4.69) is 0 Å². The van der Waals surface area contributed by atoms with Crippen LogP contribution in [0.2, 0.25) is 0 Å². The maximum atomic E-state index is 12.1. The highest BCUT2D eigenvalue weighted by atomic mass is 32.2. The molecule has 0 radical (unpaired) electrons. The van der Waals surface area contributed by atoms with Crippen LogP contribution < -0.4 is 10.5 Å². The molecule has 6 nitrogen and oxygen atoms in total. The standard InChI is InChI=1S/C14H22N2O4S/c1-16(11-14-6-3-7-19-14)21(17,18)9-8-20-13-5-2-4-12(15)10-13/h2,4-5,10,14H,3,6-9,11,15H2,1H3. The van der Waals surface area contributed by atoms with Crippen molar-refractivity contribution >= 4 is 15.7 Å². The molecule has 7 heteroatoms. The number of anilines is 1. The van der Waals surface area contributed by atoms with Gasteiger partial charge in [-0.15, -0.1) is 0 Å². The Bertz CT molecular complexity index is 556. The smallest absolute Gasteiger partial charge is 0.217 e. The number of ether oxygens (including phenoxy) is 2. The van der Waals surface area contributed by atoms with Gasteiger partial charge in [0.05, 0.1) is 11.9 Å². The third-order valence-electron chi connectivity index (χ3n) is 3.43. The van der Waals surface area contributed by atoms with Crippen LogP contribution in [0.15, 0.2) is 24.3 Å². The molecule has 0 bridgehead atoms. The summed E-state index contributed by atoms with van der Waals surface area (Å²) >= 11 is 0. The van der Waals surface area contributed by atoms with Gasteiger partial charge in [-0.2, -0.15) is 0 Å². The maximum absolute atomic E-state index is 12.1. The first-order valence-electron chi connectivity index (χ1n) is 7.01. The molecule has 1 fully saturated rings. The van der Waals surface area contributed by atoms with Crippen LogP contribution in [0.5, 0.6) is 5.75 Å². The summed E-state index contributed by atoms with van der Waals surface area (Å²) in [5, 5.41) is 0. The molecule has 118 valence electrons. The Morgan fingerprint density at radius 1 is 1.48 bits per heavy atom. The molecule has 1 aromatic rings. The second-order valence-electron chi connectivity index (χ2n) is 5.15. The molecule has 21 heavy (non-hydrogen) atoms. The van der Waals surface area contributed by atoms with Crippen molar-refractivity contribution in [2.24, 2.45) is 0 Å². The molecule has 1 atom stereocenters. The minimum absolute atomic E-state index is 0.0135. The minimum atomic E-state index is -3.33. The maximum Gasteiger partial charge on any atom is 0.217 e. The summed E-state index contributed by atoms with van der Waals surface area (Å²) in [6.07, 6.45) is 1.93. The highest BCUT2D eigenvalue weighted by Gasteiger charge is 2.24. The normalized spacial score (nSPS) is 19.0. The number of nitrogens with zero attached hydrogens (tertiary/aromatic N) is 1. The van der Waals surface area contributed by atoms with E-state index in [4.69, 9.17) is 15.2 Å². The van der Waals surface area contributed by atoms with E-state index >= 15 is 0 Å². The average molecular weight is 314 g/mol. The molecule has 1 aliphatic heterocycles. The molecule has 1 aromatic carbocycles. The molecule has 0 aromatic heterocycles. The second kappa shape index (κ2) is 7.11. The predicted molar refractivity (Wildman–Crippen MR) is 81.7 cm³/mol. The lowest BCUT2D eigenvalue weighted by Gasteiger charge is -2.20. The van der Waals surface area contributed by atoms with Crippen molar-refractivity contribution in [3.63, 3.8) is 0 Å². The molecule has 1 saturated heterocycles. The molecule has 0 saturated carbocycles. The summed E-state index contributed by atoms with van der Waals surface area (Å²) in [7, 11) is -1.75. The lowest BCUT2D eigenvalue weighted by molar-refractivity contribution is 0.0978. The third kappa shape index (κ3) is 4.87. The summed E-state index contributed by atoms with van der Waals surface area (Å²) < 4.78 is 36.5. The van der Waals surface area contributed by atoms with Crippen molar-refractivity contribution in [1.82, 2.24) is 4.31 Å². The third-order valence-corrected chi connectivity index (χ3v) is 5.21. The molecule has 2 rings (SSSR count). The fraction of sp³-hybridized carbons (Fsp3) is 0.571. The van der Waals surface area contributed by atoms with Crippen LogP contribution in [-0.4, -0.2) is 51.4 Å². The summed E-state index contributed by atoms with van der Waals surface area (Å²) in [4.78, 5) is 0. The number of sulfonamides is 1. The van der Waals surface area contributed by atoms with Gasteiger partial charge in [-0.3, -0.25) is 0 Å². The number of hydrogen-bond acceptors (Lipinski definition) is 5. The molecule has 0 amide bonds. The number of likely N-dealkylation sites (N-methyl/N-ethyl adjacent to an activating group) is 1. The minimum Gasteiger partial charge on any atom is -0.492 e. The van der Waals surface area contributed by atoms with Crippen molar-refractivity contribution in [3.05, 3.63) is 24.3 Å². The lowest BCUT2D eigenvalue weighted by atomic mass is 10.2. The fourth-order valence-electron chi connectivity index (χ4n) is 2.21. The average Bonchev–Trinajstić information content (AvgIpc) is 2.91. The Morgan fingerprint density at radius 2 is 2.29 bits per heavy atom. The predicted octanol–water partition coefficient (Wildman–Crippen LogP) is 1.09. The zero-order valence-corrected chi connectivity index (χ0v) is 13.0. The van der Waals surface area contributed by atoms with Crippen LogP contribution in [0.3, 0.4) is 0 Å². The van der Waals surface area contributed by atoms with E-state index in [9.17, 15) is 8.42 Å². The first kappa shape index (κ1) is 16.1. The number of nitrogen functional groups attached to an aromatic ring is 1. The van der Waals surface area contributed by atoms with Gasteiger partial charge in [-0.25, -0.2) is 12.7 Å². The molecule has 1 heterocycles.